The molecular weight excluding hydrogens is 418 g/mol. The lowest BCUT2D eigenvalue weighted by Gasteiger charge is -2.42. The van der Waals surface area contributed by atoms with E-state index in [1.165, 1.54) is 0 Å². The molecule has 0 bridgehead atoms. The van der Waals surface area contributed by atoms with Gasteiger partial charge in [-0.15, -0.1) is 0 Å². The Balaban J connectivity index is 1.83. The molecule has 0 fully saturated rings. The van der Waals surface area contributed by atoms with Crippen LogP contribution in [0.3, 0.4) is 0 Å². The Morgan fingerprint density at radius 2 is 1.93 bits per heavy atom. The lowest BCUT2D eigenvalue weighted by atomic mass is 9.87. The molecule has 0 atom stereocenters. The molecular formula is C23H21NO2S3. The Bertz CT molecular complexity index is 1140. The first-order chi connectivity index (χ1) is 13.9. The van der Waals surface area contributed by atoms with Gasteiger partial charge < -0.3 is 4.74 Å². The van der Waals surface area contributed by atoms with E-state index in [9.17, 15) is 4.79 Å². The van der Waals surface area contributed by atoms with Crippen LogP contribution in [0.15, 0.2) is 54.6 Å². The summed E-state index contributed by atoms with van der Waals surface area (Å²) in [5.74, 6) is 0.731. The minimum atomic E-state index is -0.494. The molecule has 0 saturated carbocycles. The number of carbonyl (C=O) groups excluding carboxylic acids is 1. The minimum absolute atomic E-state index is 0.0563. The third-order valence-electron chi connectivity index (χ3n) is 4.97. The number of carbonyl (C=O) groups is 1. The molecule has 29 heavy (non-hydrogen) atoms. The zero-order chi connectivity index (χ0) is 20.6. The molecule has 0 aliphatic carbocycles. The van der Waals surface area contributed by atoms with Crippen LogP contribution in [0, 0.1) is 3.82 Å². The van der Waals surface area contributed by atoms with Gasteiger partial charge in [0.05, 0.1) is 22.7 Å². The van der Waals surface area contributed by atoms with Crippen molar-refractivity contribution in [2.75, 3.05) is 11.5 Å². The quantitative estimate of drug-likeness (QED) is 0.252. The van der Waals surface area contributed by atoms with E-state index < -0.39 is 5.54 Å². The van der Waals surface area contributed by atoms with Gasteiger partial charge in [-0.1, -0.05) is 63.2 Å². The van der Waals surface area contributed by atoms with Crippen molar-refractivity contribution < 1.29 is 9.53 Å². The summed E-state index contributed by atoms with van der Waals surface area (Å²) < 4.78 is 6.57. The van der Waals surface area contributed by atoms with Crippen LogP contribution in [0.4, 0.5) is 5.69 Å². The topological polar surface area (TPSA) is 29.5 Å². The van der Waals surface area contributed by atoms with Crippen LogP contribution < -0.4 is 9.64 Å². The van der Waals surface area contributed by atoms with Gasteiger partial charge in [-0.05, 0) is 50.6 Å². The van der Waals surface area contributed by atoms with Crippen LogP contribution in [0.25, 0.3) is 17.2 Å². The maximum atomic E-state index is 13.4. The Morgan fingerprint density at radius 3 is 2.66 bits per heavy atom. The van der Waals surface area contributed by atoms with Crippen LogP contribution in [0.1, 0.15) is 31.2 Å². The van der Waals surface area contributed by atoms with Gasteiger partial charge in [0.2, 0.25) is 0 Å². The third kappa shape index (κ3) is 3.56. The Labute approximate surface area is 183 Å². The summed E-state index contributed by atoms with van der Waals surface area (Å²) in [6.07, 6.45) is 3.51. The summed E-state index contributed by atoms with van der Waals surface area (Å²) in [7, 11) is 3.25. The molecule has 0 radical (unpaired) electrons. The van der Waals surface area contributed by atoms with Crippen LogP contribution >= 0.6 is 32.9 Å². The van der Waals surface area contributed by atoms with Crippen molar-refractivity contribution in [2.24, 2.45) is 0 Å². The van der Waals surface area contributed by atoms with E-state index in [0.717, 1.165) is 36.8 Å². The second-order valence-corrected chi connectivity index (χ2v) is 10.1. The SMILES string of the molecule is CCOc1ccc2c(c1)-c1c(ssc1=S)C(C)(C)N2C(=O)C=Cc1ccccc1. The molecule has 0 N–H and O–H groups in total. The number of anilines is 1. The van der Waals surface area contributed by atoms with Crippen molar-refractivity contribution in [3.05, 3.63) is 68.9 Å². The van der Waals surface area contributed by atoms with E-state index in [-0.39, 0.29) is 5.91 Å². The number of rotatable bonds is 4. The highest BCUT2D eigenvalue weighted by Gasteiger charge is 2.42. The van der Waals surface area contributed by atoms with Gasteiger partial charge in [-0.3, -0.25) is 9.69 Å². The van der Waals surface area contributed by atoms with Gasteiger partial charge >= 0.3 is 0 Å². The lowest BCUT2D eigenvalue weighted by Crippen LogP contribution is -2.47. The lowest BCUT2D eigenvalue weighted by molar-refractivity contribution is -0.115. The Kier molecular flexibility index (Phi) is 5.42. The van der Waals surface area contributed by atoms with E-state index in [0.29, 0.717) is 6.61 Å². The molecule has 4 rings (SSSR count). The van der Waals surface area contributed by atoms with E-state index in [4.69, 9.17) is 17.0 Å². The largest absolute Gasteiger partial charge is 0.494 e. The second kappa shape index (κ2) is 7.86. The van der Waals surface area contributed by atoms with Gasteiger partial charge in [-0.2, -0.15) is 0 Å². The van der Waals surface area contributed by atoms with Crippen LogP contribution in [-0.4, -0.2) is 12.5 Å². The van der Waals surface area contributed by atoms with Crippen molar-refractivity contribution in [1.82, 2.24) is 0 Å². The molecule has 3 nitrogen and oxygen atoms in total. The standard InChI is InChI=1S/C23H21NO2S3/c1-4-26-16-11-12-18-17(14-16)20-21(28-29-22(20)27)23(2,3)24(18)19(25)13-10-15-8-6-5-7-9-15/h5-14H,4H2,1-3H3. The fraction of sp³-hybridized carbons (Fsp3) is 0.217. The van der Waals surface area contributed by atoms with Gasteiger partial charge in [0.1, 0.15) is 9.57 Å². The van der Waals surface area contributed by atoms with E-state index in [2.05, 4.69) is 13.8 Å². The molecule has 1 aromatic heterocycles. The number of benzene rings is 2. The molecule has 0 saturated heterocycles. The summed E-state index contributed by atoms with van der Waals surface area (Å²) in [6, 6.07) is 15.7. The Hall–Kier alpha value is -2.28. The first-order valence-corrected chi connectivity index (χ1v) is 12.0. The number of hydrogen-bond donors (Lipinski definition) is 0. The van der Waals surface area contributed by atoms with Crippen LogP contribution in [0.2, 0.25) is 0 Å². The predicted octanol–water partition coefficient (Wildman–Crippen LogP) is 6.90. The highest BCUT2D eigenvalue weighted by Crippen LogP contribution is 2.52. The Morgan fingerprint density at radius 1 is 1.17 bits per heavy atom. The number of amides is 1. The smallest absolute Gasteiger partial charge is 0.251 e. The summed E-state index contributed by atoms with van der Waals surface area (Å²) in [5, 5.41) is 0. The summed E-state index contributed by atoms with van der Waals surface area (Å²) in [5.41, 5.74) is 3.40. The number of ether oxygens (including phenoxy) is 1. The summed E-state index contributed by atoms with van der Waals surface area (Å²) >= 11 is 5.65. The highest BCUT2D eigenvalue weighted by molar-refractivity contribution is 7.80. The van der Waals surface area contributed by atoms with Crippen molar-refractivity contribution >= 4 is 50.6 Å². The van der Waals surface area contributed by atoms with Crippen LogP contribution in [-0.2, 0) is 10.3 Å². The van der Waals surface area contributed by atoms with Crippen molar-refractivity contribution in [1.29, 1.82) is 0 Å². The molecule has 148 valence electrons. The van der Waals surface area contributed by atoms with E-state index >= 15 is 0 Å². The number of hydrogen-bond acceptors (Lipinski definition) is 5. The zero-order valence-electron chi connectivity index (χ0n) is 16.5. The average Bonchev–Trinajstić information content (AvgIpc) is 3.11. The maximum absolute atomic E-state index is 13.4. The molecule has 1 aliphatic rings. The zero-order valence-corrected chi connectivity index (χ0v) is 18.9. The molecule has 2 heterocycles. The van der Waals surface area contributed by atoms with Gasteiger partial charge in [0, 0.05) is 17.2 Å². The highest BCUT2D eigenvalue weighted by atomic mass is 32.9. The number of nitrogens with zero attached hydrogens (tertiary/aromatic N) is 1. The van der Waals surface area contributed by atoms with Gasteiger partial charge in [0.15, 0.2) is 0 Å². The molecule has 1 aliphatic heterocycles. The van der Waals surface area contributed by atoms with Crippen LogP contribution in [0.5, 0.6) is 5.75 Å². The van der Waals surface area contributed by atoms with Crippen molar-refractivity contribution in [2.45, 2.75) is 26.3 Å². The molecule has 6 heteroatoms. The average molecular weight is 440 g/mol. The predicted molar refractivity (Wildman–Crippen MR) is 126 cm³/mol. The molecule has 3 aromatic rings. The van der Waals surface area contributed by atoms with Crippen molar-refractivity contribution in [3.8, 4) is 16.9 Å². The fourth-order valence-corrected chi connectivity index (χ4v) is 6.95. The summed E-state index contributed by atoms with van der Waals surface area (Å²) in [4.78, 5) is 16.4. The minimum Gasteiger partial charge on any atom is -0.494 e. The molecule has 2 aromatic carbocycles. The third-order valence-corrected chi connectivity index (χ3v) is 8.30. The van der Waals surface area contributed by atoms with E-state index in [1.807, 2.05) is 66.4 Å². The first kappa shape index (κ1) is 20.0. The van der Waals surface area contributed by atoms with Crippen molar-refractivity contribution in [3.63, 3.8) is 0 Å². The van der Waals surface area contributed by atoms with Gasteiger partial charge in [0.25, 0.3) is 5.91 Å². The maximum Gasteiger partial charge on any atom is 0.251 e. The molecule has 0 spiro atoms. The van der Waals surface area contributed by atoms with Gasteiger partial charge in [-0.25, -0.2) is 0 Å². The normalized spacial score (nSPS) is 14.5. The fourth-order valence-electron chi connectivity index (χ4n) is 3.67. The number of fused-ring (bicyclic) bond motifs is 3. The summed E-state index contributed by atoms with van der Waals surface area (Å²) in [6.45, 7) is 6.71. The monoisotopic (exact) mass is 439 g/mol. The molecule has 0 unspecified atom stereocenters. The van der Waals surface area contributed by atoms with E-state index in [1.54, 1.807) is 26.8 Å². The molecule has 1 amide bonds. The first-order valence-electron chi connectivity index (χ1n) is 9.41. The second-order valence-electron chi connectivity index (χ2n) is 7.25.